The summed E-state index contributed by atoms with van der Waals surface area (Å²) >= 11 is 0. The zero-order valence-electron chi connectivity index (χ0n) is 14.8. The van der Waals surface area contributed by atoms with Crippen LogP contribution in [0.15, 0.2) is 36.4 Å². The second kappa shape index (κ2) is 6.91. The Morgan fingerprint density at radius 2 is 2.04 bits per heavy atom. The fraction of sp³-hybridized carbons (Fsp3) is 0.278. The molecule has 0 aromatic carbocycles. The maximum absolute atomic E-state index is 12.4. The molecule has 0 atom stereocenters. The van der Waals surface area contributed by atoms with Gasteiger partial charge in [0.1, 0.15) is 24.4 Å². The van der Waals surface area contributed by atoms with E-state index in [1.807, 2.05) is 36.6 Å². The molecule has 2 aromatic heterocycles. The zero-order chi connectivity index (χ0) is 18.8. The fourth-order valence-electron chi connectivity index (χ4n) is 2.83. The molecule has 1 fully saturated rings. The Balaban J connectivity index is 2.06. The van der Waals surface area contributed by atoms with E-state index in [0.29, 0.717) is 11.5 Å². The van der Waals surface area contributed by atoms with Gasteiger partial charge in [0.25, 0.3) is 5.91 Å². The van der Waals surface area contributed by atoms with E-state index < -0.39 is 17.7 Å². The Morgan fingerprint density at radius 3 is 2.65 bits per heavy atom. The number of pyridine rings is 1. The van der Waals surface area contributed by atoms with Crippen molar-refractivity contribution in [3.63, 3.8) is 0 Å². The molecule has 1 saturated heterocycles. The molecule has 3 heterocycles. The van der Waals surface area contributed by atoms with Gasteiger partial charge >= 0.3 is 0 Å². The van der Waals surface area contributed by atoms with Gasteiger partial charge in [-0.3, -0.25) is 23.9 Å². The van der Waals surface area contributed by atoms with Crippen molar-refractivity contribution in [2.75, 3.05) is 6.54 Å². The molecule has 8 nitrogen and oxygen atoms in total. The molecule has 134 valence electrons. The number of carbonyl (C=O) groups excluding carboxylic acids is 3. The number of imidazole rings is 1. The molecular formula is C18H19N5O3. The van der Waals surface area contributed by atoms with E-state index >= 15 is 0 Å². The van der Waals surface area contributed by atoms with Gasteiger partial charge in [0.15, 0.2) is 0 Å². The molecule has 0 unspecified atom stereocenters. The quantitative estimate of drug-likeness (QED) is 0.837. The number of piperazine rings is 1. The number of amides is 3. The number of nitrogens with zero attached hydrogens (tertiary/aromatic N) is 4. The lowest BCUT2D eigenvalue weighted by atomic mass is 10.1. The minimum atomic E-state index is -0.542. The van der Waals surface area contributed by atoms with Crippen LogP contribution < -0.4 is 5.32 Å². The van der Waals surface area contributed by atoms with Gasteiger partial charge in [-0.2, -0.15) is 0 Å². The van der Waals surface area contributed by atoms with Crippen LogP contribution in [-0.4, -0.2) is 43.7 Å². The summed E-state index contributed by atoms with van der Waals surface area (Å²) in [6, 6.07) is 5.56. The SMILES string of the molecule is CC(=O)N1CC(=O)NC(=Cc2ncn(-c3ccccn3)c2C(C)C)C1=O. The van der Waals surface area contributed by atoms with Crippen LogP contribution in [0, 0.1) is 0 Å². The monoisotopic (exact) mass is 353 g/mol. The van der Waals surface area contributed by atoms with Gasteiger partial charge in [-0.1, -0.05) is 19.9 Å². The molecule has 1 N–H and O–H groups in total. The predicted octanol–water partition coefficient (Wildman–Crippen LogP) is 1.24. The normalized spacial score (nSPS) is 16.3. The summed E-state index contributed by atoms with van der Waals surface area (Å²) in [6.07, 6.45) is 4.82. The van der Waals surface area contributed by atoms with Crippen molar-refractivity contribution in [1.82, 2.24) is 24.8 Å². The van der Waals surface area contributed by atoms with Gasteiger partial charge < -0.3 is 5.32 Å². The van der Waals surface area contributed by atoms with E-state index in [1.165, 1.54) is 13.0 Å². The second-order valence-corrected chi connectivity index (χ2v) is 6.24. The number of hydrogen-bond donors (Lipinski definition) is 1. The van der Waals surface area contributed by atoms with Gasteiger partial charge in [0, 0.05) is 13.1 Å². The first-order chi connectivity index (χ1) is 12.4. The largest absolute Gasteiger partial charge is 0.320 e. The fourth-order valence-corrected chi connectivity index (χ4v) is 2.83. The van der Waals surface area contributed by atoms with Crippen molar-refractivity contribution < 1.29 is 14.4 Å². The molecule has 3 rings (SSSR count). The van der Waals surface area contributed by atoms with Crippen molar-refractivity contribution in [2.45, 2.75) is 26.7 Å². The lowest BCUT2D eigenvalue weighted by Crippen LogP contribution is -2.51. The zero-order valence-corrected chi connectivity index (χ0v) is 14.8. The van der Waals surface area contributed by atoms with E-state index in [9.17, 15) is 14.4 Å². The molecule has 1 aliphatic rings. The van der Waals surface area contributed by atoms with Gasteiger partial charge in [-0.25, -0.2) is 9.97 Å². The van der Waals surface area contributed by atoms with Gasteiger partial charge in [0.05, 0.1) is 11.4 Å². The highest BCUT2D eigenvalue weighted by atomic mass is 16.2. The lowest BCUT2D eigenvalue weighted by molar-refractivity contribution is -0.147. The summed E-state index contributed by atoms with van der Waals surface area (Å²) in [6.45, 7) is 4.98. The number of hydrogen-bond acceptors (Lipinski definition) is 5. The number of imide groups is 1. The summed E-state index contributed by atoms with van der Waals surface area (Å²) in [5.41, 5.74) is 1.42. The van der Waals surface area contributed by atoms with E-state index in [4.69, 9.17) is 0 Å². The highest BCUT2D eigenvalue weighted by molar-refractivity contribution is 6.12. The van der Waals surface area contributed by atoms with E-state index in [2.05, 4.69) is 15.3 Å². The Labute approximate surface area is 150 Å². The Hall–Kier alpha value is -3.29. The van der Waals surface area contributed by atoms with E-state index in [0.717, 1.165) is 10.6 Å². The third kappa shape index (κ3) is 3.26. The summed E-state index contributed by atoms with van der Waals surface area (Å²) in [4.78, 5) is 45.5. The molecule has 0 aliphatic carbocycles. The van der Waals surface area contributed by atoms with E-state index in [1.54, 1.807) is 12.5 Å². The molecule has 0 bridgehead atoms. The Morgan fingerprint density at radius 1 is 1.27 bits per heavy atom. The Kier molecular flexibility index (Phi) is 4.66. The van der Waals surface area contributed by atoms with Crippen molar-refractivity contribution in [1.29, 1.82) is 0 Å². The predicted molar refractivity (Wildman–Crippen MR) is 94.0 cm³/mol. The van der Waals surface area contributed by atoms with Crippen LogP contribution >= 0.6 is 0 Å². The number of carbonyl (C=O) groups is 3. The molecule has 0 radical (unpaired) electrons. The summed E-state index contributed by atoms with van der Waals surface area (Å²) in [5.74, 6) is -0.637. The number of rotatable bonds is 3. The van der Waals surface area contributed by atoms with Crippen LogP contribution in [-0.2, 0) is 14.4 Å². The summed E-state index contributed by atoms with van der Waals surface area (Å²) in [5, 5.41) is 2.53. The average molecular weight is 353 g/mol. The summed E-state index contributed by atoms with van der Waals surface area (Å²) < 4.78 is 1.84. The van der Waals surface area contributed by atoms with Crippen molar-refractivity contribution >= 4 is 23.8 Å². The third-order valence-electron chi connectivity index (χ3n) is 3.99. The maximum atomic E-state index is 12.4. The first-order valence-electron chi connectivity index (χ1n) is 8.21. The molecule has 26 heavy (non-hydrogen) atoms. The molecule has 3 amide bonds. The van der Waals surface area contributed by atoms with Crippen LogP contribution in [0.2, 0.25) is 0 Å². The summed E-state index contributed by atoms with van der Waals surface area (Å²) in [7, 11) is 0. The highest BCUT2D eigenvalue weighted by Gasteiger charge is 2.31. The maximum Gasteiger partial charge on any atom is 0.277 e. The molecule has 0 saturated carbocycles. The van der Waals surface area contributed by atoms with Crippen molar-refractivity contribution in [3.8, 4) is 5.82 Å². The standard InChI is InChI=1S/C18H19N5O3/c1-11(2)17-13(20-10-23(17)15-6-4-5-7-19-15)8-14-18(26)22(12(3)24)9-16(25)21-14/h4-8,10-11H,9H2,1-3H3,(H,21,25). The van der Waals surface area contributed by atoms with Gasteiger partial charge in [-0.15, -0.1) is 0 Å². The second-order valence-electron chi connectivity index (χ2n) is 6.24. The molecule has 8 heteroatoms. The number of aromatic nitrogens is 3. The van der Waals surface area contributed by atoms with Crippen molar-refractivity contribution in [3.05, 3.63) is 47.8 Å². The molecule has 2 aromatic rings. The highest BCUT2D eigenvalue weighted by Crippen LogP contribution is 2.24. The third-order valence-corrected chi connectivity index (χ3v) is 3.99. The lowest BCUT2D eigenvalue weighted by Gasteiger charge is -2.25. The van der Waals surface area contributed by atoms with Crippen LogP contribution in [0.4, 0.5) is 0 Å². The topological polar surface area (TPSA) is 97.2 Å². The molecule has 1 aliphatic heterocycles. The van der Waals surface area contributed by atoms with Crippen LogP contribution in [0.5, 0.6) is 0 Å². The number of nitrogens with one attached hydrogen (secondary N) is 1. The first-order valence-corrected chi connectivity index (χ1v) is 8.21. The van der Waals surface area contributed by atoms with Crippen LogP contribution in [0.3, 0.4) is 0 Å². The first kappa shape index (κ1) is 17.5. The van der Waals surface area contributed by atoms with Crippen LogP contribution in [0.25, 0.3) is 11.9 Å². The van der Waals surface area contributed by atoms with Crippen LogP contribution in [0.1, 0.15) is 38.1 Å². The average Bonchev–Trinajstić information content (AvgIpc) is 3.02. The van der Waals surface area contributed by atoms with E-state index in [-0.39, 0.29) is 18.2 Å². The smallest absolute Gasteiger partial charge is 0.277 e. The van der Waals surface area contributed by atoms with Crippen molar-refractivity contribution in [2.24, 2.45) is 0 Å². The minimum Gasteiger partial charge on any atom is -0.320 e. The molecule has 0 spiro atoms. The Bertz CT molecular complexity index is 899. The minimum absolute atomic E-state index is 0.0321. The van der Waals surface area contributed by atoms with Gasteiger partial charge in [-0.05, 0) is 24.1 Å². The van der Waals surface area contributed by atoms with Gasteiger partial charge in [0.2, 0.25) is 11.8 Å². The molecular weight excluding hydrogens is 334 g/mol.